The smallest absolute Gasteiger partial charge is 0.338 e. The van der Waals surface area contributed by atoms with Gasteiger partial charge in [0.2, 0.25) is 0 Å². The third-order valence-corrected chi connectivity index (χ3v) is 6.01. The van der Waals surface area contributed by atoms with E-state index in [0.29, 0.717) is 26.3 Å². The number of carbonyl (C=O) groups is 1. The van der Waals surface area contributed by atoms with Crippen molar-refractivity contribution in [1.29, 1.82) is 0 Å². The summed E-state index contributed by atoms with van der Waals surface area (Å²) in [5, 5.41) is 0. The average Bonchev–Trinajstić information content (AvgIpc) is 3.08. The minimum atomic E-state index is -0.762. The monoisotopic (exact) mass is 438 g/mol. The van der Waals surface area contributed by atoms with E-state index in [9.17, 15) is 14.0 Å². The second-order valence-electron chi connectivity index (χ2n) is 6.90. The van der Waals surface area contributed by atoms with Crippen LogP contribution in [0, 0.1) is 5.82 Å². The summed E-state index contributed by atoms with van der Waals surface area (Å²) in [4.78, 5) is 30.9. The maximum atomic E-state index is 13.5. The molecule has 0 radical (unpaired) electrons. The van der Waals surface area contributed by atoms with Crippen molar-refractivity contribution in [3.63, 3.8) is 0 Å². The van der Waals surface area contributed by atoms with Crippen molar-refractivity contribution in [3.05, 3.63) is 96.4 Å². The molecule has 6 nitrogen and oxygen atoms in total. The topological polar surface area (TPSA) is 69.9 Å². The molecule has 3 aromatic rings. The summed E-state index contributed by atoms with van der Waals surface area (Å²) in [7, 11) is 2.86. The van der Waals surface area contributed by atoms with Crippen LogP contribution in [0.25, 0.3) is 6.08 Å². The summed E-state index contributed by atoms with van der Waals surface area (Å²) in [5.74, 6) is -0.274. The SMILES string of the molecule is COC(=O)C1=C(C)N=c2sc(=Cc3ccc(OC)cc3)c(=O)n2C1c1ccc(F)cc1. The third kappa shape index (κ3) is 3.82. The van der Waals surface area contributed by atoms with E-state index in [1.807, 2.05) is 24.3 Å². The number of methoxy groups -OCH3 is 2. The molecule has 1 unspecified atom stereocenters. The fourth-order valence-corrected chi connectivity index (χ4v) is 4.55. The van der Waals surface area contributed by atoms with Crippen LogP contribution in [0.4, 0.5) is 4.39 Å². The van der Waals surface area contributed by atoms with Crippen molar-refractivity contribution in [2.75, 3.05) is 14.2 Å². The summed E-state index contributed by atoms with van der Waals surface area (Å²) >= 11 is 1.23. The molecule has 158 valence electrons. The summed E-state index contributed by atoms with van der Waals surface area (Å²) < 4.78 is 25.6. The van der Waals surface area contributed by atoms with E-state index in [-0.39, 0.29) is 11.1 Å². The maximum absolute atomic E-state index is 13.5. The number of halogens is 1. The van der Waals surface area contributed by atoms with E-state index in [4.69, 9.17) is 9.47 Å². The second kappa shape index (κ2) is 8.31. The molecule has 2 heterocycles. The van der Waals surface area contributed by atoms with Gasteiger partial charge in [0.15, 0.2) is 4.80 Å². The maximum Gasteiger partial charge on any atom is 0.338 e. The van der Waals surface area contributed by atoms with Gasteiger partial charge in [0.05, 0.1) is 36.1 Å². The van der Waals surface area contributed by atoms with E-state index < -0.39 is 17.8 Å². The van der Waals surface area contributed by atoms with Gasteiger partial charge in [-0.25, -0.2) is 14.2 Å². The van der Waals surface area contributed by atoms with Gasteiger partial charge in [0, 0.05) is 0 Å². The lowest BCUT2D eigenvalue weighted by Crippen LogP contribution is -2.39. The van der Waals surface area contributed by atoms with Crippen LogP contribution in [-0.2, 0) is 9.53 Å². The number of ether oxygens (including phenoxy) is 2. The number of hydrogen-bond acceptors (Lipinski definition) is 6. The molecule has 1 atom stereocenters. The normalized spacial score (nSPS) is 16.0. The number of nitrogens with zero attached hydrogens (tertiary/aromatic N) is 2. The highest BCUT2D eigenvalue weighted by Crippen LogP contribution is 2.30. The summed E-state index contributed by atoms with van der Waals surface area (Å²) in [5.41, 5.74) is 1.83. The van der Waals surface area contributed by atoms with Crippen LogP contribution in [0.5, 0.6) is 5.75 Å². The van der Waals surface area contributed by atoms with E-state index in [2.05, 4.69) is 4.99 Å². The van der Waals surface area contributed by atoms with Crippen LogP contribution in [-0.4, -0.2) is 24.8 Å². The number of fused-ring (bicyclic) bond motifs is 1. The predicted octanol–water partition coefficient (Wildman–Crippen LogP) is 2.56. The van der Waals surface area contributed by atoms with Gasteiger partial charge < -0.3 is 9.47 Å². The van der Waals surface area contributed by atoms with Gasteiger partial charge in [-0.2, -0.15) is 0 Å². The van der Waals surface area contributed by atoms with Crippen molar-refractivity contribution in [1.82, 2.24) is 4.57 Å². The van der Waals surface area contributed by atoms with Crippen LogP contribution < -0.4 is 19.6 Å². The molecule has 4 rings (SSSR count). The first-order valence-corrected chi connectivity index (χ1v) is 10.2. The van der Waals surface area contributed by atoms with Crippen LogP contribution in [0.2, 0.25) is 0 Å². The lowest BCUT2D eigenvalue weighted by Gasteiger charge is -2.24. The molecule has 0 N–H and O–H groups in total. The Balaban J connectivity index is 1.93. The van der Waals surface area contributed by atoms with Crippen LogP contribution in [0.15, 0.2) is 69.6 Å². The van der Waals surface area contributed by atoms with Gasteiger partial charge in [-0.1, -0.05) is 35.6 Å². The zero-order valence-electron chi connectivity index (χ0n) is 17.1. The number of hydrogen-bond donors (Lipinski definition) is 0. The average molecular weight is 438 g/mol. The molecule has 0 saturated carbocycles. The lowest BCUT2D eigenvalue weighted by atomic mass is 9.96. The summed E-state index contributed by atoms with van der Waals surface area (Å²) in [6, 6.07) is 12.3. The number of benzene rings is 2. The molecule has 0 fully saturated rings. The highest BCUT2D eigenvalue weighted by Gasteiger charge is 2.33. The Labute approximate surface area is 181 Å². The first-order chi connectivity index (χ1) is 14.9. The molecular formula is C23H19FN2O4S. The molecule has 0 amide bonds. The minimum absolute atomic E-state index is 0.248. The Bertz CT molecular complexity index is 1350. The number of esters is 1. The standard InChI is InChI=1S/C23H19FN2O4S/c1-13-19(22(28)30-3)20(15-6-8-16(24)9-7-15)26-21(27)18(31-23(26)25-13)12-14-4-10-17(29-2)11-5-14/h4-12,20H,1-3H3. The number of carbonyl (C=O) groups excluding carboxylic acids is 1. The Morgan fingerprint density at radius 1 is 1.13 bits per heavy atom. The summed E-state index contributed by atoms with van der Waals surface area (Å²) in [6.45, 7) is 1.70. The van der Waals surface area contributed by atoms with E-state index in [0.717, 1.165) is 5.56 Å². The quantitative estimate of drug-likeness (QED) is 0.587. The van der Waals surface area contributed by atoms with Gasteiger partial charge in [-0.05, 0) is 48.4 Å². The molecule has 1 aliphatic rings. The number of allylic oxidation sites excluding steroid dienone is 1. The predicted molar refractivity (Wildman–Crippen MR) is 115 cm³/mol. The van der Waals surface area contributed by atoms with Crippen molar-refractivity contribution in [3.8, 4) is 5.75 Å². The molecule has 0 aliphatic carbocycles. The molecular weight excluding hydrogens is 419 g/mol. The van der Waals surface area contributed by atoms with Crippen LogP contribution in [0.3, 0.4) is 0 Å². The highest BCUT2D eigenvalue weighted by molar-refractivity contribution is 7.07. The van der Waals surface area contributed by atoms with Gasteiger partial charge in [0.25, 0.3) is 5.56 Å². The molecule has 1 aliphatic heterocycles. The van der Waals surface area contributed by atoms with Gasteiger partial charge in [-0.3, -0.25) is 9.36 Å². The van der Waals surface area contributed by atoms with Crippen molar-refractivity contribution in [2.24, 2.45) is 4.99 Å². The number of rotatable bonds is 4. The first-order valence-electron chi connectivity index (χ1n) is 9.43. The van der Waals surface area contributed by atoms with Crippen LogP contribution >= 0.6 is 11.3 Å². The zero-order valence-corrected chi connectivity index (χ0v) is 17.9. The fourth-order valence-electron chi connectivity index (χ4n) is 3.50. The third-order valence-electron chi connectivity index (χ3n) is 5.03. The Hall–Kier alpha value is -3.52. The van der Waals surface area contributed by atoms with Gasteiger partial charge in [0.1, 0.15) is 11.6 Å². The van der Waals surface area contributed by atoms with E-state index in [1.54, 1.807) is 32.2 Å². The molecule has 0 spiro atoms. The molecule has 8 heteroatoms. The van der Waals surface area contributed by atoms with E-state index >= 15 is 0 Å². The Morgan fingerprint density at radius 3 is 2.42 bits per heavy atom. The van der Waals surface area contributed by atoms with Gasteiger partial charge in [-0.15, -0.1) is 0 Å². The van der Waals surface area contributed by atoms with Crippen molar-refractivity contribution >= 4 is 23.4 Å². The first kappa shape index (κ1) is 20.7. The molecule has 2 aromatic carbocycles. The Morgan fingerprint density at radius 2 is 1.81 bits per heavy atom. The molecule has 1 aromatic heterocycles. The van der Waals surface area contributed by atoms with Crippen molar-refractivity contribution < 1.29 is 18.7 Å². The minimum Gasteiger partial charge on any atom is -0.497 e. The largest absolute Gasteiger partial charge is 0.497 e. The van der Waals surface area contributed by atoms with E-state index in [1.165, 1.54) is 35.1 Å². The summed E-state index contributed by atoms with van der Waals surface area (Å²) in [6.07, 6.45) is 1.77. The van der Waals surface area contributed by atoms with Crippen molar-refractivity contribution in [2.45, 2.75) is 13.0 Å². The second-order valence-corrected chi connectivity index (χ2v) is 7.91. The molecule has 0 bridgehead atoms. The number of thiazole rings is 1. The van der Waals surface area contributed by atoms with Crippen LogP contribution in [0.1, 0.15) is 24.1 Å². The highest BCUT2D eigenvalue weighted by atomic mass is 32.1. The lowest BCUT2D eigenvalue weighted by molar-refractivity contribution is -0.136. The zero-order chi connectivity index (χ0) is 22.1. The Kier molecular flexibility index (Phi) is 5.56. The molecule has 31 heavy (non-hydrogen) atoms. The fraction of sp³-hybridized carbons (Fsp3) is 0.174. The van der Waals surface area contributed by atoms with Gasteiger partial charge >= 0.3 is 5.97 Å². The molecule has 0 saturated heterocycles. The number of aromatic nitrogens is 1.